The molecule has 3 N–H and O–H groups in total. The fourth-order valence-electron chi connectivity index (χ4n) is 2.51. The van der Waals surface area contributed by atoms with Crippen LogP contribution in [0.1, 0.15) is 24.3 Å². The summed E-state index contributed by atoms with van der Waals surface area (Å²) in [6.45, 7) is 1.74. The summed E-state index contributed by atoms with van der Waals surface area (Å²) in [4.78, 5) is 22.9. The van der Waals surface area contributed by atoms with E-state index in [1.807, 2.05) is 6.07 Å². The maximum atomic E-state index is 12.6. The highest BCUT2D eigenvalue weighted by molar-refractivity contribution is 8.00. The number of amides is 2. The summed E-state index contributed by atoms with van der Waals surface area (Å²) in [7, 11) is -3.77. The van der Waals surface area contributed by atoms with Gasteiger partial charge in [-0.15, -0.1) is 11.8 Å². The molecule has 2 aromatic carbocycles. The number of hydrogen-bond acceptors (Lipinski definition) is 5. The summed E-state index contributed by atoms with van der Waals surface area (Å²) < 4.78 is 27.7. The zero-order valence-corrected chi connectivity index (χ0v) is 16.2. The van der Waals surface area contributed by atoms with Crippen LogP contribution in [-0.4, -0.2) is 26.0 Å². The largest absolute Gasteiger partial charge is 0.339 e. The predicted molar refractivity (Wildman–Crippen MR) is 106 cm³/mol. The molecule has 0 aromatic heterocycles. The van der Waals surface area contributed by atoms with Crippen molar-refractivity contribution in [1.29, 1.82) is 0 Å². The summed E-state index contributed by atoms with van der Waals surface area (Å²) in [5, 5.41) is 5.32. The summed E-state index contributed by atoms with van der Waals surface area (Å²) in [5.41, 5.74) is 1.78. The molecule has 1 atom stereocenters. The van der Waals surface area contributed by atoms with E-state index < -0.39 is 10.0 Å². The van der Waals surface area contributed by atoms with Crippen LogP contribution in [0.5, 0.6) is 0 Å². The molecule has 0 spiro atoms. The van der Waals surface area contributed by atoms with Crippen molar-refractivity contribution in [3.8, 4) is 0 Å². The second-order valence-electron chi connectivity index (χ2n) is 5.92. The zero-order valence-electron chi connectivity index (χ0n) is 14.6. The smallest absolute Gasteiger partial charge is 0.261 e. The minimum atomic E-state index is -3.77. The molecule has 9 heteroatoms. The lowest BCUT2D eigenvalue weighted by Crippen LogP contribution is -2.19. The first kappa shape index (κ1) is 19.2. The Kier molecular flexibility index (Phi) is 5.71. The lowest BCUT2D eigenvalue weighted by Gasteiger charge is -2.13. The number of thioether (sulfide) groups is 1. The molecule has 1 unspecified atom stereocenters. The fraction of sp³-hybridized carbons (Fsp3) is 0.222. The van der Waals surface area contributed by atoms with Gasteiger partial charge in [-0.2, -0.15) is 0 Å². The second-order valence-corrected chi connectivity index (χ2v) is 8.69. The van der Waals surface area contributed by atoms with Crippen molar-refractivity contribution in [2.24, 2.45) is 0 Å². The zero-order chi connectivity index (χ0) is 19.4. The molecule has 1 aliphatic heterocycles. The quantitative estimate of drug-likeness (QED) is 0.685. The Morgan fingerprint density at radius 2 is 1.93 bits per heavy atom. The summed E-state index contributed by atoms with van der Waals surface area (Å²) in [5.74, 6) is 0.213. The number of benzene rings is 2. The molecule has 2 aromatic rings. The van der Waals surface area contributed by atoms with Gasteiger partial charge in [0.25, 0.3) is 10.0 Å². The van der Waals surface area contributed by atoms with Gasteiger partial charge in [0.2, 0.25) is 11.8 Å². The summed E-state index contributed by atoms with van der Waals surface area (Å²) in [6.07, 6.45) is 0.345. The molecular formula is C18H19N3O4S2. The molecule has 0 radical (unpaired) electrons. The highest BCUT2D eigenvalue weighted by Gasteiger charge is 2.23. The third kappa shape index (κ3) is 4.81. The maximum absolute atomic E-state index is 12.6. The Bertz CT molecular complexity index is 959. The van der Waals surface area contributed by atoms with Crippen molar-refractivity contribution in [2.45, 2.75) is 23.6 Å². The molecule has 0 saturated carbocycles. The highest BCUT2D eigenvalue weighted by atomic mass is 32.2. The first-order valence-electron chi connectivity index (χ1n) is 8.31. The Labute approximate surface area is 162 Å². The van der Waals surface area contributed by atoms with Gasteiger partial charge in [-0.1, -0.05) is 19.1 Å². The van der Waals surface area contributed by atoms with Gasteiger partial charge in [-0.05, 0) is 42.0 Å². The number of carbonyl (C=O) groups excluding carboxylic acids is 2. The predicted octanol–water partition coefficient (Wildman–Crippen LogP) is 2.70. The van der Waals surface area contributed by atoms with E-state index >= 15 is 0 Å². The number of sulfonamides is 1. The van der Waals surface area contributed by atoms with Gasteiger partial charge in [0.15, 0.2) is 0 Å². The average Bonchev–Trinajstić information content (AvgIpc) is 3.08. The lowest BCUT2D eigenvalue weighted by molar-refractivity contribution is -0.118. The van der Waals surface area contributed by atoms with E-state index in [0.29, 0.717) is 23.5 Å². The SMILES string of the molecule is CCC(=O)Nc1ccc(S(=O)(=O)Nc2cccc(C3NC(=O)CS3)c2)cc1. The van der Waals surface area contributed by atoms with Crippen LogP contribution in [0.2, 0.25) is 0 Å². The molecule has 3 rings (SSSR count). The number of hydrogen-bond donors (Lipinski definition) is 3. The van der Waals surface area contributed by atoms with Crippen LogP contribution in [0.25, 0.3) is 0 Å². The van der Waals surface area contributed by atoms with E-state index in [4.69, 9.17) is 0 Å². The van der Waals surface area contributed by atoms with Gasteiger partial charge in [0.1, 0.15) is 5.37 Å². The van der Waals surface area contributed by atoms with Gasteiger partial charge >= 0.3 is 0 Å². The van der Waals surface area contributed by atoms with Gasteiger partial charge in [0, 0.05) is 17.8 Å². The Morgan fingerprint density at radius 1 is 1.19 bits per heavy atom. The van der Waals surface area contributed by atoms with Gasteiger partial charge in [0.05, 0.1) is 10.6 Å². The Morgan fingerprint density at radius 3 is 2.56 bits per heavy atom. The third-order valence-corrected chi connectivity index (χ3v) is 6.43. The minimum Gasteiger partial charge on any atom is -0.339 e. The van der Waals surface area contributed by atoms with E-state index in [2.05, 4.69) is 15.4 Å². The van der Waals surface area contributed by atoms with Crippen LogP contribution in [0.15, 0.2) is 53.4 Å². The maximum Gasteiger partial charge on any atom is 0.261 e. The van der Waals surface area contributed by atoms with Crippen LogP contribution in [-0.2, 0) is 19.6 Å². The van der Waals surface area contributed by atoms with E-state index in [1.165, 1.54) is 23.9 Å². The highest BCUT2D eigenvalue weighted by Crippen LogP contribution is 2.32. The summed E-state index contributed by atoms with van der Waals surface area (Å²) >= 11 is 1.46. The molecule has 0 aliphatic carbocycles. The van der Waals surface area contributed by atoms with Crippen molar-refractivity contribution in [1.82, 2.24) is 5.32 Å². The number of anilines is 2. The normalized spacial score (nSPS) is 16.6. The monoisotopic (exact) mass is 405 g/mol. The number of rotatable bonds is 6. The van der Waals surface area contributed by atoms with E-state index in [9.17, 15) is 18.0 Å². The van der Waals surface area contributed by atoms with Crippen LogP contribution in [0, 0.1) is 0 Å². The standard InChI is InChI=1S/C18H19N3O4S2/c1-2-16(22)19-13-6-8-15(9-7-13)27(24,25)21-14-5-3-4-12(10-14)18-20-17(23)11-26-18/h3-10,18,21H,2,11H2,1H3,(H,19,22)(H,20,23). The van der Waals surface area contributed by atoms with Crippen molar-refractivity contribution in [2.75, 3.05) is 15.8 Å². The molecule has 27 heavy (non-hydrogen) atoms. The molecule has 142 valence electrons. The molecule has 1 saturated heterocycles. The van der Waals surface area contributed by atoms with Crippen molar-refractivity contribution < 1.29 is 18.0 Å². The van der Waals surface area contributed by atoms with E-state index in [-0.39, 0.29) is 22.1 Å². The van der Waals surface area contributed by atoms with Crippen LogP contribution >= 0.6 is 11.8 Å². The van der Waals surface area contributed by atoms with Crippen LogP contribution in [0.3, 0.4) is 0 Å². The van der Waals surface area contributed by atoms with Gasteiger partial charge in [-0.25, -0.2) is 8.42 Å². The molecular weight excluding hydrogens is 386 g/mol. The molecule has 1 aliphatic rings. The van der Waals surface area contributed by atoms with Crippen LogP contribution in [0.4, 0.5) is 11.4 Å². The number of nitrogens with one attached hydrogen (secondary N) is 3. The van der Waals surface area contributed by atoms with Gasteiger partial charge in [-0.3, -0.25) is 14.3 Å². The molecule has 1 fully saturated rings. The summed E-state index contributed by atoms with van der Waals surface area (Å²) in [6, 6.07) is 12.9. The third-order valence-electron chi connectivity index (χ3n) is 3.88. The molecule has 0 bridgehead atoms. The average molecular weight is 406 g/mol. The topological polar surface area (TPSA) is 104 Å². The second kappa shape index (κ2) is 8.01. The van der Waals surface area contributed by atoms with Crippen molar-refractivity contribution >= 4 is 45.0 Å². The molecule has 1 heterocycles. The minimum absolute atomic E-state index is 0.0359. The van der Waals surface area contributed by atoms with E-state index in [0.717, 1.165) is 5.56 Å². The van der Waals surface area contributed by atoms with Crippen LogP contribution < -0.4 is 15.4 Å². The van der Waals surface area contributed by atoms with Crippen molar-refractivity contribution in [3.63, 3.8) is 0 Å². The first-order valence-corrected chi connectivity index (χ1v) is 10.8. The fourth-order valence-corrected chi connectivity index (χ4v) is 4.52. The van der Waals surface area contributed by atoms with Crippen molar-refractivity contribution in [3.05, 3.63) is 54.1 Å². The Balaban J connectivity index is 1.74. The van der Waals surface area contributed by atoms with Gasteiger partial charge < -0.3 is 10.6 Å². The molecule has 7 nitrogen and oxygen atoms in total. The first-order chi connectivity index (χ1) is 12.9. The molecule has 2 amide bonds. The number of carbonyl (C=O) groups is 2. The lowest BCUT2D eigenvalue weighted by atomic mass is 10.2. The Hall–Kier alpha value is -2.52. The van der Waals surface area contributed by atoms with E-state index in [1.54, 1.807) is 37.3 Å².